The number of ether oxygens (including phenoxy) is 2. The quantitative estimate of drug-likeness (QED) is 0.0211. The summed E-state index contributed by atoms with van der Waals surface area (Å²) >= 11 is 0. The Labute approximate surface area is 569 Å². The van der Waals surface area contributed by atoms with E-state index in [1.165, 1.54) is 231 Å². The number of nitrogens with zero attached hydrogens (tertiary/aromatic N) is 1. The Balaban J connectivity index is 3.99. The van der Waals surface area contributed by atoms with Crippen LogP contribution in [0.15, 0.2) is 109 Å². The van der Waals surface area contributed by atoms with Crippen LogP contribution in [0.5, 0.6) is 0 Å². The highest BCUT2D eigenvalue weighted by molar-refractivity contribution is 7.47. The van der Waals surface area contributed by atoms with E-state index in [2.05, 4.69) is 123 Å². The van der Waals surface area contributed by atoms with Crippen LogP contribution in [0.25, 0.3) is 0 Å². The normalized spacial score (nSPS) is 13.7. The number of allylic oxidation sites excluding steroid dienone is 18. The SMILES string of the molecule is CC/C=C\C/C=C\C/C=C\C/C=C\C/C=C\C/C=C\CCCCCCCCCCCCCCCCCCC(=O)OC(COC(=O)CCCCCCCCCCCCCCCCCCCC/C=C\C/C=C\C/C=C\CCCCCCC)COP(=O)(O)OCC[N+](C)(C)C. The molecule has 0 aromatic carbocycles. The maximum atomic E-state index is 12.9. The van der Waals surface area contributed by atoms with Crippen LogP contribution in [0.4, 0.5) is 0 Å². The number of carbonyl (C=O) groups is 2. The van der Waals surface area contributed by atoms with Gasteiger partial charge in [-0.3, -0.25) is 18.6 Å². The molecule has 0 fully saturated rings. The molecule has 0 radical (unpaired) electrons. The highest BCUT2D eigenvalue weighted by atomic mass is 31.2. The molecule has 532 valence electrons. The molecule has 0 aromatic rings. The number of quaternary nitrogens is 1. The fraction of sp³-hybridized carbons (Fsp3) is 0.756. The molecule has 0 aliphatic heterocycles. The summed E-state index contributed by atoms with van der Waals surface area (Å²) in [6.07, 6.45) is 102. The minimum absolute atomic E-state index is 0.0299. The first-order valence-electron chi connectivity index (χ1n) is 38.6. The van der Waals surface area contributed by atoms with Gasteiger partial charge in [0.15, 0.2) is 6.10 Å². The first-order valence-corrected chi connectivity index (χ1v) is 40.1. The van der Waals surface area contributed by atoms with E-state index >= 15 is 0 Å². The van der Waals surface area contributed by atoms with Gasteiger partial charge in [0.05, 0.1) is 27.7 Å². The van der Waals surface area contributed by atoms with Gasteiger partial charge in [-0.1, -0.05) is 342 Å². The summed E-state index contributed by atoms with van der Waals surface area (Å²) in [7, 11) is 1.48. The van der Waals surface area contributed by atoms with Gasteiger partial charge in [-0.05, 0) is 103 Å². The van der Waals surface area contributed by atoms with Gasteiger partial charge in [0.1, 0.15) is 19.8 Å². The maximum absolute atomic E-state index is 12.9. The molecule has 2 unspecified atom stereocenters. The number of unbranched alkanes of at least 4 members (excludes halogenated alkanes) is 39. The average Bonchev–Trinajstić information content (AvgIpc) is 2.14. The van der Waals surface area contributed by atoms with Crippen molar-refractivity contribution in [3.05, 3.63) is 109 Å². The maximum Gasteiger partial charge on any atom is 0.472 e. The molecule has 2 atom stereocenters. The molecule has 1 N–H and O–H groups in total. The molecule has 0 aromatic heterocycles. The van der Waals surface area contributed by atoms with Crippen molar-refractivity contribution in [2.45, 2.75) is 354 Å². The van der Waals surface area contributed by atoms with Crippen molar-refractivity contribution < 1.29 is 42.1 Å². The zero-order valence-corrected chi connectivity index (χ0v) is 61.7. The molecular formula is C82H147NO8P+. The van der Waals surface area contributed by atoms with Gasteiger partial charge in [-0.25, -0.2) is 4.57 Å². The lowest BCUT2D eigenvalue weighted by atomic mass is 10.0. The van der Waals surface area contributed by atoms with Crippen LogP contribution in [-0.2, 0) is 32.7 Å². The van der Waals surface area contributed by atoms with Gasteiger partial charge in [-0.2, -0.15) is 0 Å². The fourth-order valence-electron chi connectivity index (χ4n) is 10.9. The molecule has 0 rings (SSSR count). The average molecular weight is 1310 g/mol. The first kappa shape index (κ1) is 88.7. The van der Waals surface area contributed by atoms with Gasteiger partial charge >= 0.3 is 19.8 Å². The van der Waals surface area contributed by atoms with Crippen LogP contribution in [0, 0.1) is 0 Å². The number of likely N-dealkylation sites (N-methyl/N-ethyl adjacent to an activating group) is 1. The van der Waals surface area contributed by atoms with E-state index in [9.17, 15) is 19.0 Å². The van der Waals surface area contributed by atoms with Crippen molar-refractivity contribution in [3.8, 4) is 0 Å². The lowest BCUT2D eigenvalue weighted by Gasteiger charge is -2.24. The monoisotopic (exact) mass is 1310 g/mol. The number of phosphoric acid groups is 1. The van der Waals surface area contributed by atoms with Crippen LogP contribution in [0.3, 0.4) is 0 Å². The lowest BCUT2D eigenvalue weighted by Crippen LogP contribution is -2.37. The number of carbonyl (C=O) groups excluding carboxylic acids is 2. The standard InChI is InChI=1S/C82H146NO8P/c1-6-8-10-12-14-16-18-20-22-24-26-28-30-32-34-36-38-40-41-43-45-47-49-51-53-55-57-59-61-63-65-67-69-71-73-75-82(85)91-80(79-90-92(86,87)89-77-76-83(3,4)5)78-88-81(84)74-72-70-68-66-64-62-60-58-56-54-52-50-48-46-44-42-39-37-35-33-31-29-27-25-23-21-19-17-15-13-11-9-7-2/h8,10,14,16,19-22,25-28,31-34,38,40,80H,6-7,9,11-13,15,17-18,23-24,29-30,35-37,39,41-79H2,1-5H3/p+1/b10-8-,16-14-,21-19-,22-20-,27-25-,28-26-,33-31-,34-32-,40-38-. The largest absolute Gasteiger partial charge is 0.472 e. The summed E-state index contributed by atoms with van der Waals surface area (Å²) in [6, 6.07) is 0. The summed E-state index contributed by atoms with van der Waals surface area (Å²) in [5.74, 6) is -0.786. The summed E-state index contributed by atoms with van der Waals surface area (Å²) in [5, 5.41) is 0. The Kier molecular flexibility index (Phi) is 69.3. The predicted octanol–water partition coefficient (Wildman–Crippen LogP) is 25.6. The zero-order chi connectivity index (χ0) is 66.9. The third-order valence-electron chi connectivity index (χ3n) is 16.8. The van der Waals surface area contributed by atoms with E-state index in [0.29, 0.717) is 17.4 Å². The second-order valence-corrected chi connectivity index (χ2v) is 28.5. The molecule has 0 bridgehead atoms. The Hall–Kier alpha value is -3.33. The predicted molar refractivity (Wildman–Crippen MR) is 399 cm³/mol. The molecule has 0 aliphatic carbocycles. The second-order valence-electron chi connectivity index (χ2n) is 27.0. The lowest BCUT2D eigenvalue weighted by molar-refractivity contribution is -0.870. The molecule has 0 amide bonds. The highest BCUT2D eigenvalue weighted by Gasteiger charge is 2.27. The minimum atomic E-state index is -4.40. The minimum Gasteiger partial charge on any atom is -0.462 e. The van der Waals surface area contributed by atoms with Gasteiger partial charge < -0.3 is 18.9 Å². The van der Waals surface area contributed by atoms with E-state index in [-0.39, 0.29) is 32.0 Å². The summed E-state index contributed by atoms with van der Waals surface area (Å²) in [4.78, 5) is 36.0. The molecule has 10 heteroatoms. The molecule has 0 aliphatic rings. The third kappa shape index (κ3) is 75.7. The van der Waals surface area contributed by atoms with Crippen molar-refractivity contribution in [3.63, 3.8) is 0 Å². The van der Waals surface area contributed by atoms with Crippen LogP contribution in [0.1, 0.15) is 348 Å². The Morgan fingerprint density at radius 3 is 0.924 bits per heavy atom. The molecule has 0 spiro atoms. The van der Waals surface area contributed by atoms with E-state index in [1.807, 2.05) is 21.1 Å². The summed E-state index contributed by atoms with van der Waals surface area (Å²) < 4.78 is 34.8. The molecule has 0 saturated carbocycles. The topological polar surface area (TPSA) is 108 Å². The van der Waals surface area contributed by atoms with E-state index < -0.39 is 26.5 Å². The molecule has 0 saturated heterocycles. The number of rotatable bonds is 71. The smallest absolute Gasteiger partial charge is 0.462 e. The Morgan fingerprint density at radius 1 is 0.348 bits per heavy atom. The molecule has 0 heterocycles. The summed E-state index contributed by atoms with van der Waals surface area (Å²) in [6.45, 7) is 4.35. The Morgan fingerprint density at radius 2 is 0.620 bits per heavy atom. The zero-order valence-electron chi connectivity index (χ0n) is 60.8. The Bertz CT molecular complexity index is 1920. The third-order valence-corrected chi connectivity index (χ3v) is 17.8. The highest BCUT2D eigenvalue weighted by Crippen LogP contribution is 2.43. The van der Waals surface area contributed by atoms with Gasteiger partial charge in [0, 0.05) is 12.8 Å². The van der Waals surface area contributed by atoms with Gasteiger partial charge in [-0.15, -0.1) is 0 Å². The second kappa shape index (κ2) is 72.0. The molecular weight excluding hydrogens is 1160 g/mol. The number of esters is 2. The van der Waals surface area contributed by atoms with Crippen LogP contribution in [-0.4, -0.2) is 74.9 Å². The van der Waals surface area contributed by atoms with E-state index in [4.69, 9.17) is 18.5 Å². The fourth-order valence-corrected chi connectivity index (χ4v) is 11.7. The van der Waals surface area contributed by atoms with Crippen molar-refractivity contribution in [1.82, 2.24) is 0 Å². The molecule has 92 heavy (non-hydrogen) atoms. The number of phosphoric ester groups is 1. The summed E-state index contributed by atoms with van der Waals surface area (Å²) in [5.41, 5.74) is 0. The van der Waals surface area contributed by atoms with E-state index in [0.717, 1.165) is 83.5 Å². The van der Waals surface area contributed by atoms with Gasteiger partial charge in [0.2, 0.25) is 0 Å². The molecule has 9 nitrogen and oxygen atoms in total. The van der Waals surface area contributed by atoms with Crippen LogP contribution >= 0.6 is 7.82 Å². The van der Waals surface area contributed by atoms with Gasteiger partial charge in [0.25, 0.3) is 0 Å². The van der Waals surface area contributed by atoms with Crippen molar-refractivity contribution in [1.29, 1.82) is 0 Å². The van der Waals surface area contributed by atoms with Crippen LogP contribution in [0.2, 0.25) is 0 Å². The van der Waals surface area contributed by atoms with Crippen molar-refractivity contribution in [2.75, 3.05) is 47.5 Å². The number of hydrogen-bond acceptors (Lipinski definition) is 7. The first-order chi connectivity index (χ1) is 45.0. The van der Waals surface area contributed by atoms with Crippen LogP contribution < -0.4 is 0 Å². The van der Waals surface area contributed by atoms with Crippen molar-refractivity contribution >= 4 is 19.8 Å². The van der Waals surface area contributed by atoms with Crippen molar-refractivity contribution in [2.24, 2.45) is 0 Å². The number of hydrogen-bond donors (Lipinski definition) is 1. The van der Waals surface area contributed by atoms with E-state index in [1.54, 1.807) is 0 Å².